The molecule has 0 spiro atoms. The van der Waals surface area contributed by atoms with E-state index in [2.05, 4.69) is 11.8 Å². The summed E-state index contributed by atoms with van der Waals surface area (Å²) in [5.74, 6) is 5.15. The van der Waals surface area contributed by atoms with E-state index in [1.54, 1.807) is 6.92 Å². The zero-order valence-electron chi connectivity index (χ0n) is 9.07. The van der Waals surface area contributed by atoms with Crippen LogP contribution in [0.1, 0.15) is 12.5 Å². The first-order chi connectivity index (χ1) is 7.68. The van der Waals surface area contributed by atoms with Crippen LogP contribution in [0.3, 0.4) is 0 Å². The fourth-order valence-electron chi connectivity index (χ4n) is 0.994. The summed E-state index contributed by atoms with van der Waals surface area (Å²) in [6, 6.07) is 9.49. The molecule has 1 aromatic rings. The quantitative estimate of drug-likeness (QED) is 0.461. The van der Waals surface area contributed by atoms with Crippen molar-refractivity contribution in [2.75, 3.05) is 6.61 Å². The fraction of sp³-hybridized carbons (Fsp3) is 0.154. The Balaban J connectivity index is 2.40. The van der Waals surface area contributed by atoms with Gasteiger partial charge in [0.1, 0.15) is 0 Å². The Bertz CT molecular complexity index is 434. The van der Waals surface area contributed by atoms with Crippen LogP contribution in [0.2, 0.25) is 0 Å². The van der Waals surface area contributed by atoms with Crippen LogP contribution in [-0.2, 0) is 9.53 Å². The SMILES string of the molecule is CC(N)=CC(=O)OCC#Cc1ccccc1. The van der Waals surface area contributed by atoms with Gasteiger partial charge in [0.25, 0.3) is 0 Å². The Kier molecular flexibility index (Phi) is 4.68. The lowest BCUT2D eigenvalue weighted by Gasteiger charge is -1.95. The van der Waals surface area contributed by atoms with Crippen molar-refractivity contribution in [3.8, 4) is 11.8 Å². The minimum absolute atomic E-state index is 0.0670. The largest absolute Gasteiger partial charge is 0.449 e. The molecule has 0 amide bonds. The normalized spacial score (nSPS) is 10.2. The second-order valence-electron chi connectivity index (χ2n) is 3.16. The molecule has 82 valence electrons. The number of carbonyl (C=O) groups excluding carboxylic acids is 1. The van der Waals surface area contributed by atoms with E-state index in [4.69, 9.17) is 10.5 Å². The van der Waals surface area contributed by atoms with Gasteiger partial charge < -0.3 is 10.5 Å². The zero-order chi connectivity index (χ0) is 11.8. The van der Waals surface area contributed by atoms with Crippen LogP contribution in [0.4, 0.5) is 0 Å². The van der Waals surface area contributed by atoms with Gasteiger partial charge in [0.2, 0.25) is 0 Å². The summed E-state index contributed by atoms with van der Waals surface area (Å²) in [6.45, 7) is 1.69. The van der Waals surface area contributed by atoms with E-state index < -0.39 is 5.97 Å². The van der Waals surface area contributed by atoms with E-state index in [1.807, 2.05) is 30.3 Å². The molecular formula is C13H13NO2. The third-order valence-corrected chi connectivity index (χ3v) is 1.64. The lowest BCUT2D eigenvalue weighted by atomic mass is 10.2. The smallest absolute Gasteiger partial charge is 0.333 e. The van der Waals surface area contributed by atoms with E-state index in [-0.39, 0.29) is 6.61 Å². The minimum atomic E-state index is -0.470. The second kappa shape index (κ2) is 6.31. The Morgan fingerprint density at radius 1 is 1.44 bits per heavy atom. The van der Waals surface area contributed by atoms with Crippen LogP contribution in [0, 0.1) is 11.8 Å². The molecule has 0 unspecified atom stereocenters. The maximum absolute atomic E-state index is 11.0. The molecule has 0 radical (unpaired) electrons. The minimum Gasteiger partial charge on any atom is -0.449 e. The number of carbonyl (C=O) groups is 1. The summed E-state index contributed by atoms with van der Waals surface area (Å²) >= 11 is 0. The molecule has 0 fully saturated rings. The summed E-state index contributed by atoms with van der Waals surface area (Å²) in [6.07, 6.45) is 1.23. The van der Waals surface area contributed by atoms with Crippen molar-refractivity contribution >= 4 is 5.97 Å². The van der Waals surface area contributed by atoms with Gasteiger partial charge in [-0.2, -0.15) is 0 Å². The van der Waals surface area contributed by atoms with Gasteiger partial charge in [-0.15, -0.1) is 0 Å². The Hall–Kier alpha value is -2.21. The third kappa shape index (κ3) is 4.87. The molecular weight excluding hydrogens is 202 g/mol. The molecule has 3 heteroatoms. The highest BCUT2D eigenvalue weighted by atomic mass is 16.5. The highest BCUT2D eigenvalue weighted by Gasteiger charge is 1.94. The molecule has 1 rings (SSSR count). The molecule has 16 heavy (non-hydrogen) atoms. The van der Waals surface area contributed by atoms with Gasteiger partial charge in [0.15, 0.2) is 6.61 Å². The second-order valence-corrected chi connectivity index (χ2v) is 3.16. The van der Waals surface area contributed by atoms with Gasteiger partial charge >= 0.3 is 5.97 Å². The van der Waals surface area contributed by atoms with E-state index in [0.29, 0.717) is 5.70 Å². The van der Waals surface area contributed by atoms with Crippen LogP contribution in [0.25, 0.3) is 0 Å². The molecule has 0 aromatic heterocycles. The van der Waals surface area contributed by atoms with Crippen molar-refractivity contribution in [2.45, 2.75) is 6.92 Å². The number of rotatable bonds is 2. The van der Waals surface area contributed by atoms with E-state index in [1.165, 1.54) is 6.08 Å². The molecule has 0 aliphatic heterocycles. The summed E-state index contributed by atoms with van der Waals surface area (Å²) in [4.78, 5) is 11.0. The monoisotopic (exact) mass is 215 g/mol. The van der Waals surface area contributed by atoms with Crippen LogP contribution >= 0.6 is 0 Å². The highest BCUT2D eigenvalue weighted by Crippen LogP contribution is 1.94. The van der Waals surface area contributed by atoms with Crippen molar-refractivity contribution in [1.29, 1.82) is 0 Å². The van der Waals surface area contributed by atoms with Crippen molar-refractivity contribution < 1.29 is 9.53 Å². The van der Waals surface area contributed by atoms with Crippen LogP contribution < -0.4 is 5.73 Å². The number of hydrogen-bond donors (Lipinski definition) is 1. The first-order valence-electron chi connectivity index (χ1n) is 4.83. The number of allylic oxidation sites excluding steroid dienone is 1. The molecule has 0 atom stereocenters. The average Bonchev–Trinajstić information content (AvgIpc) is 2.25. The molecule has 0 saturated carbocycles. The van der Waals surface area contributed by atoms with Crippen molar-refractivity contribution in [3.63, 3.8) is 0 Å². The summed E-state index contributed by atoms with van der Waals surface area (Å²) < 4.78 is 4.81. The summed E-state index contributed by atoms with van der Waals surface area (Å²) in [5, 5.41) is 0. The molecule has 0 aliphatic rings. The number of hydrogen-bond acceptors (Lipinski definition) is 3. The van der Waals surface area contributed by atoms with E-state index in [0.717, 1.165) is 5.56 Å². The maximum Gasteiger partial charge on any atom is 0.333 e. The van der Waals surface area contributed by atoms with Crippen molar-refractivity contribution in [1.82, 2.24) is 0 Å². The Morgan fingerprint density at radius 3 is 2.75 bits per heavy atom. The maximum atomic E-state index is 11.0. The fourth-order valence-corrected chi connectivity index (χ4v) is 0.994. The van der Waals surface area contributed by atoms with Crippen molar-refractivity contribution in [2.24, 2.45) is 5.73 Å². The molecule has 0 aliphatic carbocycles. The molecule has 0 bridgehead atoms. The van der Waals surface area contributed by atoms with Crippen LogP contribution in [0.5, 0.6) is 0 Å². The van der Waals surface area contributed by atoms with E-state index in [9.17, 15) is 4.79 Å². The molecule has 0 saturated heterocycles. The first kappa shape index (κ1) is 11.9. The molecule has 2 N–H and O–H groups in total. The third-order valence-electron chi connectivity index (χ3n) is 1.64. The molecule has 0 heterocycles. The number of nitrogens with two attached hydrogens (primary N) is 1. The standard InChI is InChI=1S/C13H13NO2/c1-11(14)10-13(15)16-9-5-8-12-6-3-2-4-7-12/h2-4,6-7,10H,9,14H2,1H3. The topological polar surface area (TPSA) is 52.3 Å². The van der Waals surface area contributed by atoms with Gasteiger partial charge in [0.05, 0.1) is 0 Å². The van der Waals surface area contributed by atoms with Crippen molar-refractivity contribution in [3.05, 3.63) is 47.7 Å². The first-order valence-corrected chi connectivity index (χ1v) is 4.83. The van der Waals surface area contributed by atoms with Crippen LogP contribution in [-0.4, -0.2) is 12.6 Å². The van der Waals surface area contributed by atoms with Gasteiger partial charge in [-0.05, 0) is 19.1 Å². The lowest BCUT2D eigenvalue weighted by molar-refractivity contribution is -0.136. The Labute approximate surface area is 94.9 Å². The lowest BCUT2D eigenvalue weighted by Crippen LogP contribution is -2.04. The predicted molar refractivity (Wildman–Crippen MR) is 62.2 cm³/mol. The summed E-state index contributed by atoms with van der Waals surface area (Å²) in [7, 11) is 0. The van der Waals surface area contributed by atoms with Gasteiger partial charge in [0, 0.05) is 17.3 Å². The zero-order valence-corrected chi connectivity index (χ0v) is 9.07. The van der Waals surface area contributed by atoms with Gasteiger partial charge in [-0.1, -0.05) is 30.0 Å². The van der Waals surface area contributed by atoms with Crippen LogP contribution in [0.15, 0.2) is 42.1 Å². The van der Waals surface area contributed by atoms with E-state index >= 15 is 0 Å². The molecule has 3 nitrogen and oxygen atoms in total. The average molecular weight is 215 g/mol. The number of ether oxygens (including phenoxy) is 1. The van der Waals surface area contributed by atoms with Gasteiger partial charge in [-0.3, -0.25) is 0 Å². The predicted octanol–water partition coefficient (Wildman–Crippen LogP) is 1.44. The summed E-state index contributed by atoms with van der Waals surface area (Å²) in [5.41, 5.74) is 6.62. The molecule has 1 aromatic carbocycles. The van der Waals surface area contributed by atoms with Gasteiger partial charge in [-0.25, -0.2) is 4.79 Å². The Morgan fingerprint density at radius 2 is 2.12 bits per heavy atom. The number of esters is 1. The number of benzene rings is 1. The highest BCUT2D eigenvalue weighted by molar-refractivity contribution is 5.82.